The number of ether oxygens (including phenoxy) is 1. The van der Waals surface area contributed by atoms with E-state index in [1.165, 1.54) is 6.07 Å². The quantitative estimate of drug-likeness (QED) is 0.580. The van der Waals surface area contributed by atoms with Gasteiger partial charge in [0.15, 0.2) is 11.6 Å². The molecule has 156 valence electrons. The van der Waals surface area contributed by atoms with Crippen molar-refractivity contribution in [3.63, 3.8) is 0 Å². The number of hydrogen-bond donors (Lipinski definition) is 0. The third kappa shape index (κ3) is 4.38. The average Bonchev–Trinajstić information content (AvgIpc) is 3.22. The molecule has 2 aromatic carbocycles. The highest BCUT2D eigenvalue weighted by molar-refractivity contribution is 5.78. The molecule has 4 rings (SSSR count). The minimum Gasteiger partial charge on any atom is -0.483 e. The topological polar surface area (TPSA) is 66.2 Å². The summed E-state index contributed by atoms with van der Waals surface area (Å²) in [7, 11) is 0. The Hall–Kier alpha value is -3.79. The van der Waals surface area contributed by atoms with Crippen molar-refractivity contribution in [1.29, 1.82) is 5.26 Å². The summed E-state index contributed by atoms with van der Waals surface area (Å²) < 4.78 is 34.0. The zero-order chi connectivity index (χ0) is 21.8. The number of benzene rings is 2. The van der Waals surface area contributed by atoms with Gasteiger partial charge in [-0.05, 0) is 60.0 Å². The van der Waals surface area contributed by atoms with Crippen LogP contribution in [0, 0.1) is 23.0 Å². The number of nitrogens with zero attached hydrogens (tertiary/aromatic N) is 3. The lowest BCUT2D eigenvalue weighted by atomic mass is 9.95. The molecule has 0 saturated carbocycles. The molecule has 1 amide bonds. The molecule has 2 atom stereocenters. The maximum Gasteiger partial charge on any atom is 0.223 e. The number of aromatic nitrogens is 1. The van der Waals surface area contributed by atoms with E-state index < -0.39 is 23.8 Å². The van der Waals surface area contributed by atoms with E-state index in [0.717, 1.165) is 17.7 Å². The standard InChI is InChI=1S/C24H19F2N3O2/c25-20-10-7-17(13-21(20)26)24(31-19-8-5-16(14-27)6-9-19)23(18-3-1-11-28-15-18)29-12-2-4-22(29)30/h1,3,5-11,13,15,23-24H,2,4,12H2/t23-,24+/m1/s1. The summed E-state index contributed by atoms with van der Waals surface area (Å²) in [4.78, 5) is 18.5. The Balaban J connectivity index is 1.81. The molecule has 1 aliphatic rings. The van der Waals surface area contributed by atoms with Gasteiger partial charge in [0.05, 0.1) is 17.7 Å². The third-order valence-electron chi connectivity index (χ3n) is 5.28. The van der Waals surface area contributed by atoms with Crippen LogP contribution < -0.4 is 4.74 Å². The summed E-state index contributed by atoms with van der Waals surface area (Å²) in [5, 5.41) is 9.04. The summed E-state index contributed by atoms with van der Waals surface area (Å²) in [6, 6.07) is 15.1. The average molecular weight is 419 g/mol. The van der Waals surface area contributed by atoms with E-state index in [2.05, 4.69) is 4.98 Å². The molecule has 0 radical (unpaired) electrons. The zero-order valence-electron chi connectivity index (χ0n) is 16.5. The van der Waals surface area contributed by atoms with Gasteiger partial charge in [0.1, 0.15) is 11.9 Å². The predicted molar refractivity (Wildman–Crippen MR) is 109 cm³/mol. The predicted octanol–water partition coefficient (Wildman–Crippen LogP) is 4.72. The first-order valence-electron chi connectivity index (χ1n) is 9.88. The van der Waals surface area contributed by atoms with Crippen molar-refractivity contribution < 1.29 is 18.3 Å². The molecule has 0 aliphatic carbocycles. The Labute approximate surface area is 178 Å². The van der Waals surface area contributed by atoms with Gasteiger partial charge < -0.3 is 9.64 Å². The van der Waals surface area contributed by atoms with Crippen molar-refractivity contribution in [2.45, 2.75) is 25.0 Å². The Morgan fingerprint density at radius 1 is 1.06 bits per heavy atom. The van der Waals surface area contributed by atoms with Crippen LogP contribution in [0.5, 0.6) is 5.75 Å². The van der Waals surface area contributed by atoms with Gasteiger partial charge in [0, 0.05) is 25.4 Å². The number of pyridine rings is 1. The number of carbonyl (C=O) groups is 1. The molecule has 1 aromatic heterocycles. The first kappa shape index (κ1) is 20.5. The Bertz CT molecular complexity index is 1110. The normalized spacial score (nSPS) is 15.4. The van der Waals surface area contributed by atoms with Crippen LogP contribution in [-0.4, -0.2) is 22.3 Å². The van der Waals surface area contributed by atoms with E-state index in [1.54, 1.807) is 47.6 Å². The molecule has 0 N–H and O–H groups in total. The molecule has 5 nitrogen and oxygen atoms in total. The van der Waals surface area contributed by atoms with Gasteiger partial charge in [-0.25, -0.2) is 8.78 Å². The number of hydrogen-bond acceptors (Lipinski definition) is 4. The highest BCUT2D eigenvalue weighted by Gasteiger charge is 2.37. The van der Waals surface area contributed by atoms with Crippen molar-refractivity contribution in [1.82, 2.24) is 9.88 Å². The third-order valence-corrected chi connectivity index (χ3v) is 5.28. The fraction of sp³-hybridized carbons (Fsp3) is 0.208. The molecular formula is C24H19F2N3O2. The minimum absolute atomic E-state index is 0.0372. The van der Waals surface area contributed by atoms with Gasteiger partial charge in [-0.1, -0.05) is 12.1 Å². The summed E-state index contributed by atoms with van der Waals surface area (Å²) in [5.74, 6) is -1.56. The summed E-state index contributed by atoms with van der Waals surface area (Å²) in [5.41, 5.74) is 1.58. The molecule has 1 fully saturated rings. The molecule has 1 aliphatic heterocycles. The smallest absolute Gasteiger partial charge is 0.223 e. The number of carbonyl (C=O) groups excluding carboxylic acids is 1. The first-order chi connectivity index (χ1) is 15.1. The molecule has 0 spiro atoms. The van der Waals surface area contributed by atoms with E-state index in [1.807, 2.05) is 12.1 Å². The maximum atomic E-state index is 14.1. The van der Waals surface area contributed by atoms with Crippen LogP contribution in [0.15, 0.2) is 67.0 Å². The first-order valence-corrected chi connectivity index (χ1v) is 9.88. The summed E-state index contributed by atoms with van der Waals surface area (Å²) in [6.07, 6.45) is 3.56. The number of likely N-dealkylation sites (tertiary alicyclic amines) is 1. The minimum atomic E-state index is -0.997. The largest absolute Gasteiger partial charge is 0.483 e. The molecule has 0 bridgehead atoms. The van der Waals surface area contributed by atoms with Gasteiger partial charge in [-0.3, -0.25) is 9.78 Å². The fourth-order valence-electron chi connectivity index (χ4n) is 3.79. The molecular weight excluding hydrogens is 400 g/mol. The lowest BCUT2D eigenvalue weighted by Gasteiger charge is -2.35. The van der Waals surface area contributed by atoms with E-state index >= 15 is 0 Å². The van der Waals surface area contributed by atoms with Crippen LogP contribution in [-0.2, 0) is 4.79 Å². The van der Waals surface area contributed by atoms with Crippen molar-refractivity contribution in [3.8, 4) is 11.8 Å². The molecule has 2 heterocycles. The van der Waals surface area contributed by atoms with Gasteiger partial charge in [0.2, 0.25) is 5.91 Å². The number of halogens is 2. The zero-order valence-corrected chi connectivity index (χ0v) is 16.5. The second-order valence-electron chi connectivity index (χ2n) is 7.27. The molecule has 7 heteroatoms. The monoisotopic (exact) mass is 419 g/mol. The van der Waals surface area contributed by atoms with E-state index in [9.17, 15) is 13.6 Å². The van der Waals surface area contributed by atoms with Gasteiger partial charge >= 0.3 is 0 Å². The van der Waals surface area contributed by atoms with E-state index in [-0.39, 0.29) is 5.91 Å². The van der Waals surface area contributed by atoms with Gasteiger partial charge in [-0.15, -0.1) is 0 Å². The highest BCUT2D eigenvalue weighted by atomic mass is 19.2. The summed E-state index contributed by atoms with van der Waals surface area (Å²) in [6.45, 7) is 0.523. The van der Waals surface area contributed by atoms with E-state index in [4.69, 9.17) is 10.00 Å². The van der Waals surface area contributed by atoms with Crippen molar-refractivity contribution in [2.75, 3.05) is 6.54 Å². The van der Waals surface area contributed by atoms with Crippen LogP contribution in [0.1, 0.15) is 41.7 Å². The van der Waals surface area contributed by atoms with Crippen LogP contribution in [0.4, 0.5) is 8.78 Å². The number of rotatable bonds is 6. The van der Waals surface area contributed by atoms with Crippen LogP contribution in [0.25, 0.3) is 0 Å². The van der Waals surface area contributed by atoms with Crippen LogP contribution >= 0.6 is 0 Å². The van der Waals surface area contributed by atoms with Gasteiger partial charge in [-0.2, -0.15) is 5.26 Å². The van der Waals surface area contributed by atoms with Crippen molar-refractivity contribution in [3.05, 3.63) is 95.3 Å². The molecule has 3 aromatic rings. The van der Waals surface area contributed by atoms with E-state index in [0.29, 0.717) is 36.3 Å². The Morgan fingerprint density at radius 3 is 2.48 bits per heavy atom. The molecule has 1 saturated heterocycles. The Morgan fingerprint density at radius 2 is 1.87 bits per heavy atom. The van der Waals surface area contributed by atoms with Crippen molar-refractivity contribution >= 4 is 5.91 Å². The maximum absolute atomic E-state index is 14.1. The lowest BCUT2D eigenvalue weighted by Crippen LogP contribution is -2.36. The molecule has 31 heavy (non-hydrogen) atoms. The number of amides is 1. The second kappa shape index (κ2) is 8.92. The molecule has 0 unspecified atom stereocenters. The SMILES string of the molecule is N#Cc1ccc(O[C@@H](c2ccc(F)c(F)c2)[C@@H](c2cccnc2)N2CCCC2=O)cc1. The van der Waals surface area contributed by atoms with Crippen LogP contribution in [0.2, 0.25) is 0 Å². The van der Waals surface area contributed by atoms with Crippen LogP contribution in [0.3, 0.4) is 0 Å². The highest BCUT2D eigenvalue weighted by Crippen LogP contribution is 2.40. The number of nitriles is 1. The van der Waals surface area contributed by atoms with Crippen molar-refractivity contribution in [2.24, 2.45) is 0 Å². The summed E-state index contributed by atoms with van der Waals surface area (Å²) >= 11 is 0. The lowest BCUT2D eigenvalue weighted by molar-refractivity contribution is -0.131. The van der Waals surface area contributed by atoms with Gasteiger partial charge in [0.25, 0.3) is 0 Å². The second-order valence-corrected chi connectivity index (χ2v) is 7.27. The Kier molecular flexibility index (Phi) is 5.89. The fourth-order valence-corrected chi connectivity index (χ4v) is 3.79.